The third-order valence-corrected chi connectivity index (χ3v) is 8.45. The molecule has 0 aliphatic carbocycles. The van der Waals surface area contributed by atoms with Gasteiger partial charge in [0.15, 0.2) is 0 Å². The zero-order valence-corrected chi connectivity index (χ0v) is 31.1. The molecule has 8 rings (SSSR count). The molecule has 4 nitrogen and oxygen atoms in total. The van der Waals surface area contributed by atoms with Crippen molar-refractivity contribution in [1.82, 2.24) is 15.0 Å². The van der Waals surface area contributed by atoms with Crippen molar-refractivity contribution in [2.75, 3.05) is 0 Å². The third-order valence-electron chi connectivity index (χ3n) is 8.45. The molecule has 0 aliphatic rings. The largest absolute Gasteiger partial charge is 0.486 e. The van der Waals surface area contributed by atoms with Crippen LogP contribution in [0.5, 0.6) is 0 Å². The predicted octanol–water partition coefficient (Wildman–Crippen LogP) is 11.9. The van der Waals surface area contributed by atoms with Gasteiger partial charge in [0.25, 0.3) is 0 Å². The minimum atomic E-state index is -2.66. The van der Waals surface area contributed by atoms with Gasteiger partial charge in [0, 0.05) is 65.0 Å². The Bertz CT molecular complexity index is 2870. The van der Waals surface area contributed by atoms with Crippen LogP contribution >= 0.6 is 0 Å². The Morgan fingerprint density at radius 2 is 1.48 bits per heavy atom. The first-order valence-corrected chi connectivity index (χ1v) is 16.4. The van der Waals surface area contributed by atoms with E-state index in [1.807, 2.05) is 54.7 Å². The van der Waals surface area contributed by atoms with Crippen molar-refractivity contribution >= 4 is 22.1 Å². The number of aryl methyl sites for hydroxylation is 3. The number of benzene rings is 4. The summed E-state index contributed by atoms with van der Waals surface area (Å²) in [6.07, 6.45) is 1.08. The van der Waals surface area contributed by atoms with Crippen LogP contribution in [0.3, 0.4) is 0 Å². The summed E-state index contributed by atoms with van der Waals surface area (Å²) in [5.74, 6) is 0. The number of hydrogen-bond acceptors (Lipinski definition) is 4. The van der Waals surface area contributed by atoms with Gasteiger partial charge in [-0.05, 0) is 64.9 Å². The smallest absolute Gasteiger partial charge is 0.216 e. The van der Waals surface area contributed by atoms with E-state index in [0.717, 1.165) is 28.6 Å². The number of hydrogen-bond donors (Lipinski definition) is 0. The van der Waals surface area contributed by atoms with E-state index in [1.54, 1.807) is 54.6 Å². The minimum absolute atomic E-state index is 0. The summed E-state index contributed by atoms with van der Waals surface area (Å²) in [5, 5.41) is 1.30. The van der Waals surface area contributed by atoms with Crippen molar-refractivity contribution in [1.29, 1.82) is 0 Å². The van der Waals surface area contributed by atoms with Crippen LogP contribution in [0.15, 0.2) is 132 Å². The first-order valence-electron chi connectivity index (χ1n) is 21.9. The van der Waals surface area contributed by atoms with Crippen LogP contribution in [0.4, 0.5) is 0 Å². The Labute approximate surface area is 335 Å². The number of aromatic nitrogens is 3. The van der Waals surface area contributed by atoms with Gasteiger partial charge >= 0.3 is 0 Å². The van der Waals surface area contributed by atoms with E-state index in [-0.39, 0.29) is 53.7 Å². The summed E-state index contributed by atoms with van der Waals surface area (Å²) in [6, 6.07) is 39.8. The standard InChI is InChI=1S/C25H19N2O.C22H22N.Ir/c1-16-13-23(26-15-17(16)2)22-10-6-9-20-21-12-11-19(27-25(21)28-24(20)22)14-18-7-4-3-5-8-18;1-16-10-11-18(14-20(16)17-8-6-5-7-9-17)21-13-12-19(15-23-21)22(2,3)4;/h3-9,11-13,15H,14H2,1-2H3;5-10,12-15H,1-4H3;/q2*-1;/i1D3,2D3,14D2;1D3;. The van der Waals surface area contributed by atoms with E-state index in [9.17, 15) is 0 Å². The quantitative estimate of drug-likeness (QED) is 0.162. The molecule has 0 bridgehead atoms. The summed E-state index contributed by atoms with van der Waals surface area (Å²) < 4.78 is 93.3. The molecule has 0 saturated carbocycles. The molecular formula is C47H41IrN3O-2. The Morgan fingerprint density at radius 3 is 2.19 bits per heavy atom. The number of fused-ring (bicyclic) bond motifs is 3. The molecule has 4 aromatic carbocycles. The molecular weight excluding hydrogens is 815 g/mol. The van der Waals surface area contributed by atoms with Crippen LogP contribution in [0.1, 0.15) is 69.4 Å². The second-order valence-electron chi connectivity index (χ2n) is 13.1. The molecule has 0 aliphatic heterocycles. The minimum Gasteiger partial charge on any atom is -0.486 e. The molecule has 8 aromatic rings. The fraction of sp³-hybridized carbons (Fsp3) is 0.170. The molecule has 52 heavy (non-hydrogen) atoms. The van der Waals surface area contributed by atoms with Crippen molar-refractivity contribution in [3.63, 3.8) is 0 Å². The first kappa shape index (κ1) is 24.9. The van der Waals surface area contributed by atoms with Crippen LogP contribution in [0.25, 0.3) is 55.7 Å². The topological polar surface area (TPSA) is 51.8 Å². The van der Waals surface area contributed by atoms with E-state index in [1.165, 1.54) is 6.07 Å². The normalized spacial score (nSPS) is 15.3. The maximum atomic E-state index is 8.59. The zero-order valence-electron chi connectivity index (χ0n) is 39.7. The molecule has 5 heteroatoms. The second-order valence-corrected chi connectivity index (χ2v) is 13.1. The summed E-state index contributed by atoms with van der Waals surface area (Å²) in [7, 11) is 0. The second kappa shape index (κ2) is 15.6. The monoisotopic (exact) mass is 867 g/mol. The Morgan fingerprint density at radius 1 is 0.731 bits per heavy atom. The molecule has 261 valence electrons. The Kier molecular flexibility index (Phi) is 7.45. The van der Waals surface area contributed by atoms with Crippen LogP contribution < -0.4 is 0 Å². The number of nitrogens with zero attached hydrogens (tertiary/aromatic N) is 3. The summed E-state index contributed by atoms with van der Waals surface area (Å²) in [4.78, 5) is 13.3. The SMILES string of the molecule is [2H]C([2H])([2H])c1c[c-]c(-c2ccc(C(C)(C)C)cn2)cc1-c1ccccc1.[2H]C([2H])([2H])c1cnc(-c2[c-]ccc3c2oc2nc(C([2H])([2H])c4ccccc4)ccc23)cc1C([2H])([2H])[2H].[Ir]. The molecule has 0 unspecified atom stereocenters. The zero-order chi connectivity index (χ0) is 44.8. The fourth-order valence-corrected chi connectivity index (χ4v) is 5.64. The van der Waals surface area contributed by atoms with Crippen molar-refractivity contribution < 1.29 is 39.6 Å². The summed E-state index contributed by atoms with van der Waals surface area (Å²) >= 11 is 0. The van der Waals surface area contributed by atoms with E-state index in [0.29, 0.717) is 38.6 Å². The molecule has 0 saturated heterocycles. The van der Waals surface area contributed by atoms with E-state index in [2.05, 4.69) is 53.9 Å². The van der Waals surface area contributed by atoms with Gasteiger partial charge in [-0.25, -0.2) is 4.98 Å². The molecule has 1 radical (unpaired) electrons. The van der Waals surface area contributed by atoms with Gasteiger partial charge in [0.2, 0.25) is 5.71 Å². The van der Waals surface area contributed by atoms with Gasteiger partial charge < -0.3 is 14.4 Å². The average molecular weight is 867 g/mol. The van der Waals surface area contributed by atoms with Gasteiger partial charge in [0.1, 0.15) is 0 Å². The van der Waals surface area contributed by atoms with Crippen LogP contribution in [-0.2, 0) is 31.9 Å². The third kappa shape index (κ3) is 7.97. The van der Waals surface area contributed by atoms with Crippen molar-refractivity contribution in [2.24, 2.45) is 0 Å². The summed E-state index contributed by atoms with van der Waals surface area (Å²) in [6.45, 7) is -1.05. The van der Waals surface area contributed by atoms with Crippen molar-refractivity contribution in [3.8, 4) is 33.6 Å². The van der Waals surface area contributed by atoms with E-state index < -0.39 is 26.9 Å². The van der Waals surface area contributed by atoms with Gasteiger partial charge in [-0.1, -0.05) is 129 Å². The number of pyridine rings is 3. The van der Waals surface area contributed by atoms with Gasteiger partial charge in [0.05, 0.1) is 5.58 Å². The maximum absolute atomic E-state index is 8.59. The molecule has 0 fully saturated rings. The van der Waals surface area contributed by atoms with Gasteiger partial charge in [-0.2, -0.15) is 0 Å². The Balaban J connectivity index is 0.000000217. The molecule has 4 heterocycles. The van der Waals surface area contributed by atoms with Crippen molar-refractivity contribution in [2.45, 2.75) is 53.1 Å². The summed E-state index contributed by atoms with van der Waals surface area (Å²) in [5.41, 5.74) is 5.71. The van der Waals surface area contributed by atoms with E-state index >= 15 is 0 Å². The molecule has 0 atom stereocenters. The number of furan rings is 1. The van der Waals surface area contributed by atoms with Gasteiger partial charge in [-0.3, -0.25) is 0 Å². The van der Waals surface area contributed by atoms with E-state index in [4.69, 9.17) is 19.5 Å². The average Bonchev–Trinajstić information content (AvgIpc) is 3.61. The van der Waals surface area contributed by atoms with Crippen LogP contribution in [-0.4, -0.2) is 15.0 Å². The maximum Gasteiger partial charge on any atom is 0.216 e. The van der Waals surface area contributed by atoms with Gasteiger partial charge in [-0.15, -0.1) is 47.5 Å². The molecule has 0 spiro atoms. The molecule has 0 N–H and O–H groups in total. The van der Waals surface area contributed by atoms with Crippen LogP contribution in [0, 0.1) is 32.7 Å². The Hall–Kier alpha value is -5.22. The first-order chi connectivity index (χ1) is 29.0. The predicted molar refractivity (Wildman–Crippen MR) is 210 cm³/mol. The van der Waals surface area contributed by atoms with Crippen molar-refractivity contribution in [3.05, 3.63) is 173 Å². The number of rotatable bonds is 5. The molecule has 4 aromatic heterocycles. The molecule has 0 amide bonds. The van der Waals surface area contributed by atoms with Crippen LogP contribution in [0.2, 0.25) is 0 Å². The fourth-order valence-electron chi connectivity index (χ4n) is 5.64.